The van der Waals surface area contributed by atoms with Crippen LogP contribution in [0.25, 0.3) is 88.0 Å². The van der Waals surface area contributed by atoms with Gasteiger partial charge in [-0.2, -0.15) is 0 Å². The van der Waals surface area contributed by atoms with E-state index >= 15 is 0 Å². The van der Waals surface area contributed by atoms with Crippen LogP contribution in [0.5, 0.6) is 0 Å². The molecule has 0 bridgehead atoms. The maximum Gasteiger partial charge on any atom is 0.159 e. The molecule has 3 aliphatic rings. The van der Waals surface area contributed by atoms with Crippen molar-refractivity contribution in [2.75, 3.05) is 9.80 Å². The van der Waals surface area contributed by atoms with Crippen LogP contribution < -0.4 is 9.80 Å². The molecule has 18 rings (SSSR count). The Morgan fingerprint density at radius 2 is 0.688 bits per heavy atom. The van der Waals surface area contributed by atoms with E-state index in [0.29, 0.717) is 11.8 Å². The molecular formula is C89H70N2O2. The highest BCUT2D eigenvalue weighted by Gasteiger charge is 2.48. The van der Waals surface area contributed by atoms with Crippen molar-refractivity contribution in [3.05, 3.63) is 325 Å². The third-order valence-electron chi connectivity index (χ3n) is 21.1. The van der Waals surface area contributed by atoms with Crippen LogP contribution >= 0.6 is 0 Å². The molecule has 0 aliphatic heterocycles. The average molecular weight is 1200 g/mol. The normalized spacial score (nSPS) is 14.9. The topological polar surface area (TPSA) is 32.8 Å². The van der Waals surface area contributed by atoms with E-state index in [9.17, 15) is 0 Å². The molecule has 2 aromatic heterocycles. The van der Waals surface area contributed by atoms with Gasteiger partial charge < -0.3 is 18.6 Å². The predicted molar refractivity (Wildman–Crippen MR) is 388 cm³/mol. The number of hydrogen-bond donors (Lipinski definition) is 0. The number of hydrogen-bond acceptors (Lipinski definition) is 4. The Balaban J connectivity index is 0.927. The van der Waals surface area contributed by atoms with Gasteiger partial charge in [-0.3, -0.25) is 0 Å². The Morgan fingerprint density at radius 3 is 1.22 bits per heavy atom. The second kappa shape index (κ2) is 22.9. The van der Waals surface area contributed by atoms with Crippen LogP contribution in [-0.4, -0.2) is 0 Å². The van der Waals surface area contributed by atoms with Crippen molar-refractivity contribution in [3.63, 3.8) is 0 Å². The molecule has 13 aromatic carbocycles. The highest BCUT2D eigenvalue weighted by Crippen LogP contribution is 2.62. The van der Waals surface area contributed by atoms with Gasteiger partial charge in [0.15, 0.2) is 11.2 Å². The van der Waals surface area contributed by atoms with Crippen LogP contribution in [0.1, 0.15) is 109 Å². The molecule has 448 valence electrons. The minimum atomic E-state index is -0.836. The maximum absolute atomic E-state index is 7.54. The molecule has 0 atom stereocenters. The molecular weight excluding hydrogens is 1130 g/mol. The Labute approximate surface area is 543 Å². The summed E-state index contributed by atoms with van der Waals surface area (Å²) in [7, 11) is 0. The van der Waals surface area contributed by atoms with Crippen molar-refractivity contribution in [1.29, 1.82) is 0 Å². The first kappa shape index (κ1) is 55.2. The lowest BCUT2D eigenvalue weighted by atomic mass is 9.67. The van der Waals surface area contributed by atoms with E-state index in [1.165, 1.54) is 125 Å². The van der Waals surface area contributed by atoms with Gasteiger partial charge in [0.25, 0.3) is 0 Å². The summed E-state index contributed by atoms with van der Waals surface area (Å²) in [6.45, 7) is 0. The Bertz CT molecular complexity index is 5260. The number of benzene rings is 13. The van der Waals surface area contributed by atoms with Crippen molar-refractivity contribution in [3.8, 4) is 33.4 Å². The lowest BCUT2D eigenvalue weighted by molar-refractivity contribution is 0.442. The Morgan fingerprint density at radius 1 is 0.280 bits per heavy atom. The predicted octanol–water partition coefficient (Wildman–Crippen LogP) is 25.4. The van der Waals surface area contributed by atoms with Crippen LogP contribution in [-0.2, 0) is 5.41 Å². The third-order valence-corrected chi connectivity index (χ3v) is 21.1. The summed E-state index contributed by atoms with van der Waals surface area (Å²) in [6, 6.07) is 109. The van der Waals surface area contributed by atoms with Gasteiger partial charge in [-0.25, -0.2) is 0 Å². The van der Waals surface area contributed by atoms with E-state index in [1.807, 2.05) is 0 Å². The fraction of sp³-hybridized carbons (Fsp3) is 0.146. The summed E-state index contributed by atoms with van der Waals surface area (Å²) >= 11 is 0. The molecule has 3 aliphatic carbocycles. The van der Waals surface area contributed by atoms with Gasteiger partial charge in [-0.1, -0.05) is 287 Å². The first-order chi connectivity index (χ1) is 46.2. The molecule has 4 heteroatoms. The van der Waals surface area contributed by atoms with Crippen molar-refractivity contribution < 1.29 is 8.83 Å². The Hall–Kier alpha value is -10.7. The smallest absolute Gasteiger partial charge is 0.159 e. The maximum atomic E-state index is 7.54. The SMILES string of the molecule is c1ccc(-c2ccccc2N(c2ccc3c(c2)C(c2ccccc2)(c2ccccc2)c2cc(N(c4ccccc4-c4ccccc4)c4cccc5c4oc4c(C6CCCCC6)cccc45)c4ccccc4c2-3)c2cccc3c2oc2c(C4CCCCC4)cccc23)cc1. The zero-order chi connectivity index (χ0) is 61.4. The molecule has 0 radical (unpaired) electrons. The fourth-order valence-electron chi connectivity index (χ4n) is 17.0. The Kier molecular flexibility index (Phi) is 13.6. The minimum Gasteiger partial charge on any atom is -0.454 e. The minimum absolute atomic E-state index is 0.470. The van der Waals surface area contributed by atoms with Gasteiger partial charge in [-0.05, 0) is 141 Å². The van der Waals surface area contributed by atoms with E-state index in [0.717, 1.165) is 94.9 Å². The standard InChI is InChI=1S/C89H70N2O2/c1-7-29-59(30-8-1)66-41-21-23-51-79(66)90(81-53-27-49-74-72-47-25-45-68(85(72)92-87(74)81)61-33-11-3-12-34-61)65-55-56-76-77(57-65)89(63-37-15-5-16-38-63,64-39-17-6-18-40-64)78-58-83(70-43-19-20-44-71(70)84(76)78)91(80-52-24-22-42-67(80)60-31-9-2-10-32-60)82-54-28-50-75-73-48-26-46-69(86(73)93-88(75)82)62-35-13-4-14-36-62/h1-2,5-10,15-32,37-58,61-62H,3-4,11-14,33-36H2. The summed E-state index contributed by atoms with van der Waals surface area (Å²) < 4.78 is 15.0. The molecule has 0 amide bonds. The highest BCUT2D eigenvalue weighted by atomic mass is 16.3. The molecule has 15 aromatic rings. The van der Waals surface area contributed by atoms with E-state index < -0.39 is 5.41 Å². The fourth-order valence-corrected chi connectivity index (χ4v) is 17.0. The van der Waals surface area contributed by atoms with Crippen LogP contribution in [0, 0.1) is 0 Å². The summed E-state index contributed by atoms with van der Waals surface area (Å²) in [6.07, 6.45) is 12.4. The summed E-state index contributed by atoms with van der Waals surface area (Å²) in [5.41, 5.74) is 23.6. The first-order valence-corrected chi connectivity index (χ1v) is 33.8. The van der Waals surface area contributed by atoms with E-state index in [-0.39, 0.29) is 0 Å². The molecule has 0 spiro atoms. The molecule has 0 saturated heterocycles. The van der Waals surface area contributed by atoms with E-state index in [2.05, 4.69) is 301 Å². The van der Waals surface area contributed by atoms with Crippen LogP contribution in [0.15, 0.2) is 300 Å². The van der Waals surface area contributed by atoms with Crippen molar-refractivity contribution in [2.24, 2.45) is 0 Å². The van der Waals surface area contributed by atoms with Gasteiger partial charge in [0.1, 0.15) is 11.2 Å². The average Bonchev–Trinajstić information content (AvgIpc) is 1.53. The second-order valence-electron chi connectivity index (χ2n) is 26.1. The number of nitrogens with zero attached hydrogens (tertiary/aromatic N) is 2. The lowest BCUT2D eigenvalue weighted by Gasteiger charge is -2.36. The van der Waals surface area contributed by atoms with Crippen LogP contribution in [0.3, 0.4) is 0 Å². The summed E-state index contributed by atoms with van der Waals surface area (Å²) in [5, 5.41) is 6.91. The molecule has 93 heavy (non-hydrogen) atoms. The third kappa shape index (κ3) is 8.93. The van der Waals surface area contributed by atoms with Crippen molar-refractivity contribution >= 4 is 88.8 Å². The zero-order valence-electron chi connectivity index (χ0n) is 52.1. The molecule has 0 unspecified atom stereocenters. The molecule has 0 N–H and O–H groups in total. The second-order valence-corrected chi connectivity index (χ2v) is 26.1. The number of furan rings is 2. The van der Waals surface area contributed by atoms with Gasteiger partial charge in [0, 0.05) is 43.7 Å². The van der Waals surface area contributed by atoms with Crippen molar-refractivity contribution in [1.82, 2.24) is 0 Å². The van der Waals surface area contributed by atoms with E-state index in [1.54, 1.807) is 0 Å². The molecule has 2 saturated carbocycles. The van der Waals surface area contributed by atoms with Gasteiger partial charge in [-0.15, -0.1) is 0 Å². The number of rotatable bonds is 12. The first-order valence-electron chi connectivity index (χ1n) is 33.8. The van der Waals surface area contributed by atoms with Gasteiger partial charge in [0.2, 0.25) is 0 Å². The van der Waals surface area contributed by atoms with Crippen molar-refractivity contribution in [2.45, 2.75) is 81.5 Å². The highest BCUT2D eigenvalue weighted by molar-refractivity contribution is 6.17. The van der Waals surface area contributed by atoms with Crippen LogP contribution in [0.4, 0.5) is 34.1 Å². The monoisotopic (exact) mass is 1200 g/mol. The number of para-hydroxylation sites is 6. The van der Waals surface area contributed by atoms with Gasteiger partial charge in [0.05, 0.1) is 33.9 Å². The van der Waals surface area contributed by atoms with Crippen LogP contribution in [0.2, 0.25) is 0 Å². The summed E-state index contributed by atoms with van der Waals surface area (Å²) in [4.78, 5) is 5.04. The largest absolute Gasteiger partial charge is 0.454 e. The summed E-state index contributed by atoms with van der Waals surface area (Å²) in [5.74, 6) is 0.946. The number of fused-ring (bicyclic) bond motifs is 11. The quantitative estimate of drug-likeness (QED) is 0.122. The molecule has 4 nitrogen and oxygen atoms in total. The number of anilines is 6. The molecule has 2 fully saturated rings. The molecule has 2 heterocycles. The zero-order valence-corrected chi connectivity index (χ0v) is 52.1. The lowest BCUT2D eigenvalue weighted by Crippen LogP contribution is -2.29. The van der Waals surface area contributed by atoms with Gasteiger partial charge >= 0.3 is 0 Å². The van der Waals surface area contributed by atoms with E-state index in [4.69, 9.17) is 8.83 Å².